The minimum absolute atomic E-state index is 0.0352. The minimum Gasteiger partial charge on any atom is -0.505 e. The van der Waals surface area contributed by atoms with E-state index in [1.807, 2.05) is 27.7 Å². The summed E-state index contributed by atoms with van der Waals surface area (Å²) in [5.74, 6) is -0.382. The van der Waals surface area contributed by atoms with Gasteiger partial charge in [0.25, 0.3) is 0 Å². The summed E-state index contributed by atoms with van der Waals surface area (Å²) in [6.45, 7) is 10.0. The molecule has 3 aromatic rings. The van der Waals surface area contributed by atoms with Crippen LogP contribution < -0.4 is 0 Å². The number of rotatable bonds is 8. The highest BCUT2D eigenvalue weighted by Crippen LogP contribution is 2.36. The number of fused-ring (bicyclic) bond motifs is 1. The number of carbonyl (C=O) groups excluding carboxylic acids is 1. The van der Waals surface area contributed by atoms with E-state index in [1.165, 1.54) is 17.6 Å². The molecular formula is C25H32ClN3O3. The number of phenolic OH excluding ortho intramolecular Hbond substituents is 1. The predicted octanol–water partition coefficient (Wildman–Crippen LogP) is 6.59. The average Bonchev–Trinajstić information content (AvgIpc) is 3.13. The summed E-state index contributed by atoms with van der Waals surface area (Å²) in [6, 6.07) is 8.49. The molecule has 3 rings (SSSR count). The zero-order valence-electron chi connectivity index (χ0n) is 19.5. The van der Waals surface area contributed by atoms with E-state index in [-0.39, 0.29) is 11.9 Å². The first-order chi connectivity index (χ1) is 15.1. The molecule has 1 unspecified atom stereocenters. The highest BCUT2D eigenvalue weighted by atomic mass is 35.5. The molecule has 0 amide bonds. The fraction of sp³-hybridized carbons (Fsp3) is 0.480. The van der Waals surface area contributed by atoms with Crippen molar-refractivity contribution in [2.75, 3.05) is 0 Å². The van der Waals surface area contributed by atoms with Gasteiger partial charge < -0.3 is 9.84 Å². The number of hydrogen-bond acceptors (Lipinski definition) is 5. The van der Waals surface area contributed by atoms with E-state index in [0.717, 1.165) is 19.3 Å². The van der Waals surface area contributed by atoms with Gasteiger partial charge in [-0.2, -0.15) is 0 Å². The number of benzene rings is 2. The summed E-state index contributed by atoms with van der Waals surface area (Å²) >= 11 is 6.07. The third kappa shape index (κ3) is 5.60. The quantitative estimate of drug-likeness (QED) is 0.305. The van der Waals surface area contributed by atoms with Crippen LogP contribution >= 0.6 is 11.6 Å². The van der Waals surface area contributed by atoms with Crippen molar-refractivity contribution in [3.8, 4) is 11.4 Å². The van der Waals surface area contributed by atoms with Crippen molar-refractivity contribution in [2.45, 2.75) is 78.2 Å². The highest BCUT2D eigenvalue weighted by molar-refractivity contribution is 6.31. The maximum absolute atomic E-state index is 13.0. The molecule has 6 nitrogen and oxygen atoms in total. The fourth-order valence-electron chi connectivity index (χ4n) is 3.62. The van der Waals surface area contributed by atoms with Crippen molar-refractivity contribution in [1.29, 1.82) is 0 Å². The van der Waals surface area contributed by atoms with Gasteiger partial charge in [-0.05, 0) is 55.5 Å². The monoisotopic (exact) mass is 457 g/mol. The Hall–Kier alpha value is -2.60. The molecule has 7 heteroatoms. The second-order valence-corrected chi connectivity index (χ2v) is 9.77. The second kappa shape index (κ2) is 9.90. The van der Waals surface area contributed by atoms with Crippen molar-refractivity contribution in [3.63, 3.8) is 0 Å². The number of esters is 1. The zero-order chi connectivity index (χ0) is 23.5. The van der Waals surface area contributed by atoms with E-state index >= 15 is 0 Å². The Bertz CT molecular complexity index is 1100. The second-order valence-electron chi connectivity index (χ2n) is 9.33. The summed E-state index contributed by atoms with van der Waals surface area (Å²) in [5, 5.41) is 20.5. The molecule has 0 radical (unpaired) electrons. The molecule has 0 bridgehead atoms. The fourth-order valence-corrected chi connectivity index (χ4v) is 3.79. The molecule has 0 saturated heterocycles. The van der Waals surface area contributed by atoms with Crippen molar-refractivity contribution in [1.82, 2.24) is 15.0 Å². The van der Waals surface area contributed by atoms with Crippen LogP contribution in [0.4, 0.5) is 0 Å². The Morgan fingerprint density at radius 1 is 1.12 bits per heavy atom. The highest BCUT2D eigenvalue weighted by Gasteiger charge is 2.26. The number of hydrogen-bond donors (Lipinski definition) is 1. The van der Waals surface area contributed by atoms with Gasteiger partial charge in [-0.25, -0.2) is 4.79 Å². The Morgan fingerprint density at radius 2 is 1.84 bits per heavy atom. The van der Waals surface area contributed by atoms with E-state index in [0.29, 0.717) is 32.9 Å². The Balaban J connectivity index is 1.95. The number of phenols is 1. The number of unbranched alkanes of at least 4 members (excludes halogenated alkanes) is 3. The van der Waals surface area contributed by atoms with Crippen molar-refractivity contribution >= 4 is 28.6 Å². The van der Waals surface area contributed by atoms with Crippen LogP contribution in [0.5, 0.6) is 5.75 Å². The standard InChI is InChI=1S/C25H32ClN3O3/c1-6-7-8-9-10-16(2)32-24(31)17-13-19(25(3,4)5)23(30)22(14-17)29-27-20-12-11-18(26)15-21(20)28-29/h11-16,30H,6-10H2,1-5H3. The average molecular weight is 458 g/mol. The first-order valence-corrected chi connectivity index (χ1v) is 11.6. The molecule has 0 aliphatic heterocycles. The molecule has 1 atom stereocenters. The van der Waals surface area contributed by atoms with Gasteiger partial charge in [0.2, 0.25) is 0 Å². The normalized spacial score (nSPS) is 12.8. The molecule has 0 aliphatic carbocycles. The maximum Gasteiger partial charge on any atom is 0.338 e. The first-order valence-electron chi connectivity index (χ1n) is 11.2. The van der Waals surface area contributed by atoms with Crippen LogP contribution in [0.1, 0.15) is 82.6 Å². The van der Waals surface area contributed by atoms with Crippen LogP contribution in [0, 0.1) is 0 Å². The molecular weight excluding hydrogens is 426 g/mol. The van der Waals surface area contributed by atoms with Gasteiger partial charge in [0.15, 0.2) is 0 Å². The summed E-state index contributed by atoms with van der Waals surface area (Å²) in [4.78, 5) is 14.3. The Kier molecular flexibility index (Phi) is 7.44. The number of carbonyl (C=O) groups is 1. The number of halogens is 1. The minimum atomic E-state index is -0.417. The molecule has 172 valence electrons. The topological polar surface area (TPSA) is 77.2 Å². The Morgan fingerprint density at radius 3 is 2.53 bits per heavy atom. The molecule has 1 heterocycles. The summed E-state index contributed by atoms with van der Waals surface area (Å²) < 4.78 is 5.70. The third-order valence-corrected chi connectivity index (χ3v) is 5.70. The third-order valence-electron chi connectivity index (χ3n) is 5.46. The van der Waals surface area contributed by atoms with Crippen LogP contribution in [-0.2, 0) is 10.2 Å². The van der Waals surface area contributed by atoms with E-state index in [4.69, 9.17) is 16.3 Å². The van der Waals surface area contributed by atoms with Crippen molar-refractivity contribution < 1.29 is 14.6 Å². The smallest absolute Gasteiger partial charge is 0.338 e. The Labute approximate surface area is 194 Å². The number of aromatic hydroxyl groups is 1. The summed E-state index contributed by atoms with van der Waals surface area (Å²) in [5.41, 5.74) is 2.14. The molecule has 1 N–H and O–H groups in total. The molecule has 1 aromatic heterocycles. The van der Waals surface area contributed by atoms with Crippen LogP contribution in [0.25, 0.3) is 16.7 Å². The zero-order valence-corrected chi connectivity index (χ0v) is 20.2. The lowest BCUT2D eigenvalue weighted by molar-refractivity contribution is 0.0319. The first kappa shape index (κ1) is 24.1. The van der Waals surface area contributed by atoms with Gasteiger partial charge in [0.05, 0.1) is 11.7 Å². The molecule has 2 aromatic carbocycles. The number of nitrogens with zero attached hydrogens (tertiary/aromatic N) is 3. The number of aromatic nitrogens is 3. The predicted molar refractivity (Wildman–Crippen MR) is 128 cm³/mol. The van der Waals surface area contributed by atoms with Crippen molar-refractivity contribution in [2.24, 2.45) is 0 Å². The van der Waals surface area contributed by atoms with E-state index in [9.17, 15) is 9.90 Å². The van der Waals surface area contributed by atoms with E-state index < -0.39 is 11.4 Å². The lowest BCUT2D eigenvalue weighted by atomic mass is 9.85. The van der Waals surface area contributed by atoms with Crippen LogP contribution in [0.2, 0.25) is 5.02 Å². The van der Waals surface area contributed by atoms with Gasteiger partial charge in [0.1, 0.15) is 22.5 Å². The van der Waals surface area contributed by atoms with Crippen LogP contribution in [0.15, 0.2) is 30.3 Å². The van der Waals surface area contributed by atoms with Crippen LogP contribution in [-0.4, -0.2) is 32.2 Å². The van der Waals surface area contributed by atoms with Gasteiger partial charge >= 0.3 is 5.97 Å². The lowest BCUT2D eigenvalue weighted by Gasteiger charge is -2.23. The van der Waals surface area contributed by atoms with Gasteiger partial charge in [-0.1, -0.05) is 58.6 Å². The SMILES string of the molecule is CCCCCCC(C)OC(=O)c1cc(-n2nc3ccc(Cl)cc3n2)c(O)c(C(C)(C)C)c1. The van der Waals surface area contributed by atoms with Crippen LogP contribution in [0.3, 0.4) is 0 Å². The molecule has 0 fully saturated rings. The summed E-state index contributed by atoms with van der Waals surface area (Å²) in [7, 11) is 0. The van der Waals surface area contributed by atoms with Gasteiger partial charge in [-0.15, -0.1) is 15.0 Å². The maximum atomic E-state index is 13.0. The molecule has 0 aliphatic rings. The van der Waals surface area contributed by atoms with Crippen molar-refractivity contribution in [3.05, 3.63) is 46.5 Å². The van der Waals surface area contributed by atoms with E-state index in [1.54, 1.807) is 30.3 Å². The van der Waals surface area contributed by atoms with E-state index in [2.05, 4.69) is 17.1 Å². The molecule has 0 saturated carbocycles. The van der Waals surface area contributed by atoms with Gasteiger partial charge in [0, 0.05) is 10.6 Å². The lowest BCUT2D eigenvalue weighted by Crippen LogP contribution is -2.18. The number of ether oxygens (including phenoxy) is 1. The molecule has 32 heavy (non-hydrogen) atoms. The summed E-state index contributed by atoms with van der Waals surface area (Å²) in [6.07, 6.45) is 5.18. The largest absolute Gasteiger partial charge is 0.505 e. The molecule has 0 spiro atoms. The van der Waals surface area contributed by atoms with Gasteiger partial charge in [-0.3, -0.25) is 0 Å².